The van der Waals surface area contributed by atoms with Crippen molar-refractivity contribution >= 4 is 16.5 Å². The first-order chi connectivity index (χ1) is 10.4. The van der Waals surface area contributed by atoms with Gasteiger partial charge in [-0.25, -0.2) is 4.98 Å². The quantitative estimate of drug-likeness (QED) is 0.885. The van der Waals surface area contributed by atoms with Crippen molar-refractivity contribution in [2.75, 3.05) is 25.9 Å². The lowest BCUT2D eigenvalue weighted by atomic mass is 9.86. The number of para-hydroxylation sites is 1. The average molecular weight is 319 g/mol. The Morgan fingerprint density at radius 1 is 1.27 bits per heavy atom. The molecule has 0 aliphatic carbocycles. The van der Waals surface area contributed by atoms with Gasteiger partial charge in [0.05, 0.1) is 0 Å². The van der Waals surface area contributed by atoms with Gasteiger partial charge < -0.3 is 10.5 Å². The molecule has 2 aromatic rings. The molecule has 2 N–H and O–H groups in total. The predicted molar refractivity (Wildman–Crippen MR) is 93.5 cm³/mol. The molecule has 1 aromatic carbocycles. The van der Waals surface area contributed by atoms with E-state index >= 15 is 0 Å². The van der Waals surface area contributed by atoms with E-state index in [2.05, 4.69) is 49.8 Å². The highest BCUT2D eigenvalue weighted by molar-refractivity contribution is 7.15. The fourth-order valence-corrected chi connectivity index (χ4v) is 3.03. The van der Waals surface area contributed by atoms with Gasteiger partial charge in [-0.05, 0) is 24.1 Å². The van der Waals surface area contributed by atoms with Crippen molar-refractivity contribution in [1.29, 1.82) is 0 Å². The topological polar surface area (TPSA) is 51.4 Å². The second-order valence-electron chi connectivity index (χ2n) is 6.50. The Labute approximate surface area is 136 Å². The van der Waals surface area contributed by atoms with Crippen molar-refractivity contribution in [3.63, 3.8) is 0 Å². The van der Waals surface area contributed by atoms with Crippen LogP contribution in [0.5, 0.6) is 5.75 Å². The monoisotopic (exact) mass is 319 g/mol. The summed E-state index contributed by atoms with van der Waals surface area (Å²) in [5.41, 5.74) is 6.98. The minimum atomic E-state index is 0.0860. The van der Waals surface area contributed by atoms with Gasteiger partial charge >= 0.3 is 0 Å². The predicted octanol–water partition coefficient (Wildman–Crippen LogP) is 3.53. The first kappa shape index (κ1) is 16.8. The highest BCUT2D eigenvalue weighted by Gasteiger charge is 2.18. The van der Waals surface area contributed by atoms with Crippen LogP contribution in [0.25, 0.3) is 0 Å². The number of nitrogens with zero attached hydrogens (tertiary/aromatic N) is 2. The Morgan fingerprint density at radius 3 is 2.64 bits per heavy atom. The fourth-order valence-electron chi connectivity index (χ4n) is 2.26. The van der Waals surface area contributed by atoms with Gasteiger partial charge in [-0.15, -0.1) is 11.3 Å². The van der Waals surface area contributed by atoms with Crippen LogP contribution >= 0.6 is 11.3 Å². The number of thiazole rings is 1. The van der Waals surface area contributed by atoms with Crippen molar-refractivity contribution < 1.29 is 4.74 Å². The number of nitrogens with two attached hydrogens (primary N) is 1. The third-order valence-corrected chi connectivity index (χ3v) is 4.23. The summed E-state index contributed by atoms with van der Waals surface area (Å²) in [7, 11) is 2.08. The highest BCUT2D eigenvalue weighted by Crippen LogP contribution is 2.30. The van der Waals surface area contributed by atoms with Crippen LogP contribution in [0.15, 0.2) is 30.5 Å². The summed E-state index contributed by atoms with van der Waals surface area (Å²) in [6.07, 6.45) is 1.84. The van der Waals surface area contributed by atoms with Crippen LogP contribution in [-0.4, -0.2) is 30.1 Å². The van der Waals surface area contributed by atoms with Gasteiger partial charge in [-0.1, -0.05) is 39.0 Å². The van der Waals surface area contributed by atoms with Crippen LogP contribution in [0.2, 0.25) is 0 Å². The van der Waals surface area contributed by atoms with Crippen LogP contribution in [-0.2, 0) is 12.0 Å². The van der Waals surface area contributed by atoms with Gasteiger partial charge in [0.15, 0.2) is 5.13 Å². The Kier molecular flexibility index (Phi) is 5.42. The summed E-state index contributed by atoms with van der Waals surface area (Å²) in [6, 6.07) is 8.27. The summed E-state index contributed by atoms with van der Waals surface area (Å²) in [6.45, 7) is 8.98. The molecule has 0 atom stereocenters. The number of rotatable bonds is 6. The maximum Gasteiger partial charge on any atom is 0.180 e. The molecule has 0 radical (unpaired) electrons. The number of benzene rings is 1. The Balaban J connectivity index is 1.86. The molecule has 0 amide bonds. The lowest BCUT2D eigenvalue weighted by Crippen LogP contribution is -2.24. The highest BCUT2D eigenvalue weighted by atomic mass is 32.1. The number of hydrogen-bond donors (Lipinski definition) is 1. The Hall–Kier alpha value is -1.59. The molecule has 0 saturated heterocycles. The van der Waals surface area contributed by atoms with Crippen molar-refractivity contribution in [3.8, 4) is 5.75 Å². The van der Waals surface area contributed by atoms with Gasteiger partial charge in [0.1, 0.15) is 12.4 Å². The summed E-state index contributed by atoms with van der Waals surface area (Å²) < 4.78 is 6.00. The Bertz CT molecular complexity index is 604. The van der Waals surface area contributed by atoms with E-state index in [0.717, 1.165) is 18.8 Å². The van der Waals surface area contributed by atoms with Crippen molar-refractivity contribution in [1.82, 2.24) is 9.88 Å². The zero-order valence-electron chi connectivity index (χ0n) is 13.8. The van der Waals surface area contributed by atoms with Gasteiger partial charge in [0.25, 0.3) is 0 Å². The molecule has 22 heavy (non-hydrogen) atoms. The number of nitrogen functional groups attached to an aromatic ring is 1. The van der Waals surface area contributed by atoms with E-state index in [9.17, 15) is 0 Å². The second-order valence-corrected chi connectivity index (χ2v) is 7.64. The molecule has 2 rings (SSSR count). The summed E-state index contributed by atoms with van der Waals surface area (Å²) in [5, 5.41) is 0.624. The van der Waals surface area contributed by atoms with E-state index < -0.39 is 0 Å². The normalized spacial score (nSPS) is 11.9. The maximum atomic E-state index is 6.00. The average Bonchev–Trinajstić information content (AvgIpc) is 2.83. The first-order valence-corrected chi connectivity index (χ1v) is 8.29. The maximum absolute atomic E-state index is 6.00. The van der Waals surface area contributed by atoms with Crippen molar-refractivity contribution in [3.05, 3.63) is 40.9 Å². The van der Waals surface area contributed by atoms with E-state index in [1.807, 2.05) is 18.3 Å². The molecule has 0 aliphatic heterocycles. The van der Waals surface area contributed by atoms with E-state index in [0.29, 0.717) is 11.7 Å². The molecule has 0 bridgehead atoms. The zero-order valence-corrected chi connectivity index (χ0v) is 14.6. The first-order valence-electron chi connectivity index (χ1n) is 7.47. The van der Waals surface area contributed by atoms with E-state index in [4.69, 9.17) is 10.5 Å². The number of anilines is 1. The smallest absolute Gasteiger partial charge is 0.180 e. The van der Waals surface area contributed by atoms with Gasteiger partial charge in [0, 0.05) is 24.2 Å². The third kappa shape index (κ3) is 4.71. The van der Waals surface area contributed by atoms with Gasteiger partial charge in [-0.2, -0.15) is 0 Å². The Morgan fingerprint density at radius 2 is 2.00 bits per heavy atom. The SMILES string of the molecule is CN(CCOc1ccccc1C(C)(C)C)Cc1cnc(N)s1. The van der Waals surface area contributed by atoms with Crippen LogP contribution < -0.4 is 10.5 Å². The van der Waals surface area contributed by atoms with Crippen molar-refractivity contribution in [2.24, 2.45) is 0 Å². The standard InChI is InChI=1S/C17H25N3OS/c1-17(2,3)14-7-5-6-8-15(14)21-10-9-20(4)12-13-11-19-16(18)22-13/h5-8,11H,9-10,12H2,1-4H3,(H2,18,19). The number of aromatic nitrogens is 1. The molecule has 1 aromatic heterocycles. The minimum Gasteiger partial charge on any atom is -0.492 e. The van der Waals surface area contributed by atoms with Crippen molar-refractivity contribution in [2.45, 2.75) is 32.7 Å². The second kappa shape index (κ2) is 7.11. The fraction of sp³-hybridized carbons (Fsp3) is 0.471. The molecule has 0 unspecified atom stereocenters. The molecule has 0 spiro atoms. The number of ether oxygens (including phenoxy) is 1. The lowest BCUT2D eigenvalue weighted by molar-refractivity contribution is 0.230. The molecule has 0 fully saturated rings. The molecule has 5 heteroatoms. The number of likely N-dealkylation sites (N-methyl/N-ethyl adjacent to an activating group) is 1. The summed E-state index contributed by atoms with van der Waals surface area (Å²) >= 11 is 1.54. The number of hydrogen-bond acceptors (Lipinski definition) is 5. The van der Waals surface area contributed by atoms with Crippen LogP contribution in [0, 0.1) is 0 Å². The van der Waals surface area contributed by atoms with E-state index in [1.54, 1.807) is 0 Å². The zero-order chi connectivity index (χ0) is 16.2. The third-order valence-electron chi connectivity index (χ3n) is 3.42. The lowest BCUT2D eigenvalue weighted by Gasteiger charge is -2.23. The van der Waals surface area contributed by atoms with E-state index in [1.165, 1.54) is 21.8 Å². The molecule has 0 aliphatic rings. The van der Waals surface area contributed by atoms with Crippen LogP contribution in [0.1, 0.15) is 31.2 Å². The minimum absolute atomic E-state index is 0.0860. The van der Waals surface area contributed by atoms with Crippen LogP contribution in [0.4, 0.5) is 5.13 Å². The molecular weight excluding hydrogens is 294 g/mol. The molecule has 120 valence electrons. The molecular formula is C17H25N3OS. The summed E-state index contributed by atoms with van der Waals surface area (Å²) in [4.78, 5) is 7.47. The van der Waals surface area contributed by atoms with Crippen LogP contribution in [0.3, 0.4) is 0 Å². The largest absolute Gasteiger partial charge is 0.492 e. The molecule has 1 heterocycles. The molecule has 0 saturated carbocycles. The van der Waals surface area contributed by atoms with E-state index in [-0.39, 0.29) is 5.41 Å². The van der Waals surface area contributed by atoms with Gasteiger partial charge in [0.2, 0.25) is 0 Å². The molecule has 4 nitrogen and oxygen atoms in total. The summed E-state index contributed by atoms with van der Waals surface area (Å²) in [5.74, 6) is 0.977. The van der Waals surface area contributed by atoms with Gasteiger partial charge in [-0.3, -0.25) is 4.90 Å².